The Morgan fingerprint density at radius 3 is 2.33 bits per heavy atom. The lowest BCUT2D eigenvalue weighted by atomic mass is 10.1. The van der Waals surface area contributed by atoms with E-state index in [1.165, 1.54) is 32.0 Å². The quantitative estimate of drug-likeness (QED) is 0.667. The van der Waals surface area contributed by atoms with E-state index in [2.05, 4.69) is 0 Å². The number of halogens is 1. The summed E-state index contributed by atoms with van der Waals surface area (Å²) in [6.07, 6.45) is 0. The fourth-order valence-corrected chi connectivity index (χ4v) is 2.96. The van der Waals surface area contributed by atoms with Gasteiger partial charge >= 0.3 is 10.1 Å². The van der Waals surface area contributed by atoms with Crippen LogP contribution in [0.2, 0.25) is 0 Å². The number of carbonyl (C=O) groups excluding carboxylic acids is 1. The molecule has 2 rings (SSSR count). The summed E-state index contributed by atoms with van der Waals surface area (Å²) in [4.78, 5) is 14.4. The zero-order chi connectivity index (χ0) is 20.2. The molecule has 0 aliphatic carbocycles. The van der Waals surface area contributed by atoms with Crippen LogP contribution in [0.3, 0.4) is 0 Å². The molecular weight excluding hydrogens is 369 g/mol. The Morgan fingerprint density at radius 1 is 1.07 bits per heavy atom. The molecule has 7 heteroatoms. The molecule has 0 saturated carbocycles. The highest BCUT2D eigenvalue weighted by Crippen LogP contribution is 2.20. The van der Waals surface area contributed by atoms with Crippen molar-refractivity contribution in [2.75, 3.05) is 0 Å². The normalized spacial score (nSPS) is 11.7. The second kappa shape index (κ2) is 8.52. The first-order valence-corrected chi connectivity index (χ1v) is 10.2. The van der Waals surface area contributed by atoms with Gasteiger partial charge in [0.2, 0.25) is 0 Å². The second-order valence-electron chi connectivity index (χ2n) is 6.81. The lowest BCUT2D eigenvalue weighted by Crippen LogP contribution is -2.36. The summed E-state index contributed by atoms with van der Waals surface area (Å²) in [5.41, 5.74) is 0.975. The molecule has 0 N–H and O–H groups in total. The molecule has 2 aromatic rings. The molecule has 5 nitrogen and oxygen atoms in total. The van der Waals surface area contributed by atoms with Crippen molar-refractivity contribution >= 4 is 16.0 Å². The summed E-state index contributed by atoms with van der Waals surface area (Å²) in [5, 5.41) is -0.664. The predicted octanol–water partition coefficient (Wildman–Crippen LogP) is 3.99. The topological polar surface area (TPSA) is 63.7 Å². The first kappa shape index (κ1) is 20.9. The van der Waals surface area contributed by atoms with E-state index in [9.17, 15) is 17.6 Å². The number of hydrogen-bond acceptors (Lipinski definition) is 4. The molecule has 0 radical (unpaired) electrons. The minimum atomic E-state index is -3.70. The van der Waals surface area contributed by atoms with Gasteiger partial charge in [0, 0.05) is 18.2 Å². The maximum absolute atomic E-state index is 13.5. The molecule has 0 heterocycles. The Morgan fingerprint density at radius 2 is 1.74 bits per heavy atom. The van der Waals surface area contributed by atoms with E-state index in [1.807, 2.05) is 13.8 Å². The van der Waals surface area contributed by atoms with E-state index in [-0.39, 0.29) is 29.8 Å². The molecule has 0 aliphatic heterocycles. The van der Waals surface area contributed by atoms with Crippen LogP contribution < -0.4 is 4.18 Å². The zero-order valence-corrected chi connectivity index (χ0v) is 16.7. The summed E-state index contributed by atoms with van der Waals surface area (Å²) in [6, 6.07) is 12.0. The van der Waals surface area contributed by atoms with Crippen molar-refractivity contribution in [2.24, 2.45) is 0 Å². The summed E-state index contributed by atoms with van der Waals surface area (Å²) < 4.78 is 42.5. The predicted molar refractivity (Wildman–Crippen MR) is 103 cm³/mol. The maximum Gasteiger partial charge on any atom is 0.311 e. The van der Waals surface area contributed by atoms with E-state index in [0.717, 1.165) is 0 Å². The second-order valence-corrected chi connectivity index (χ2v) is 8.90. The van der Waals surface area contributed by atoms with E-state index in [0.29, 0.717) is 5.56 Å². The standard InChI is InChI=1S/C20H24FNO4S/c1-14(2)22(20(23)17-8-6-9-18(21)12-17)13-16-7-5-10-19(11-16)26-27(24,25)15(3)4/h5-12,14-15H,13H2,1-4H3. The SMILES string of the molecule is CC(C)N(Cc1cccc(OS(=O)(=O)C(C)C)c1)C(=O)c1cccc(F)c1. The van der Waals surface area contributed by atoms with Crippen LogP contribution in [0.4, 0.5) is 4.39 Å². The maximum atomic E-state index is 13.5. The van der Waals surface area contributed by atoms with Gasteiger partial charge < -0.3 is 9.08 Å². The minimum absolute atomic E-state index is 0.135. The summed E-state index contributed by atoms with van der Waals surface area (Å²) in [6.45, 7) is 7.04. The van der Waals surface area contributed by atoms with Gasteiger partial charge in [-0.3, -0.25) is 4.79 Å². The lowest BCUT2D eigenvalue weighted by molar-refractivity contribution is 0.0689. The molecule has 0 aliphatic rings. The van der Waals surface area contributed by atoms with Crippen molar-refractivity contribution in [3.05, 3.63) is 65.5 Å². The summed E-state index contributed by atoms with van der Waals surface area (Å²) >= 11 is 0. The van der Waals surface area contributed by atoms with Crippen LogP contribution in [0.5, 0.6) is 5.75 Å². The van der Waals surface area contributed by atoms with E-state index >= 15 is 0 Å². The Kier molecular flexibility index (Phi) is 6.59. The Bertz CT molecular complexity index is 910. The molecule has 0 aromatic heterocycles. The van der Waals surface area contributed by atoms with Gasteiger partial charge in [0.05, 0.1) is 5.25 Å². The highest BCUT2D eigenvalue weighted by Gasteiger charge is 2.21. The van der Waals surface area contributed by atoms with Gasteiger partial charge in [-0.05, 0) is 63.6 Å². The van der Waals surface area contributed by atoms with Crippen LogP contribution in [0.1, 0.15) is 43.6 Å². The molecule has 0 bridgehead atoms. The molecule has 27 heavy (non-hydrogen) atoms. The fourth-order valence-electron chi connectivity index (χ4n) is 2.40. The van der Waals surface area contributed by atoms with Gasteiger partial charge in [0.1, 0.15) is 11.6 Å². The number of rotatable bonds is 7. The van der Waals surface area contributed by atoms with Gasteiger partial charge in [-0.15, -0.1) is 0 Å². The third-order valence-electron chi connectivity index (χ3n) is 4.00. The fraction of sp³-hybridized carbons (Fsp3) is 0.350. The summed E-state index contributed by atoms with van der Waals surface area (Å²) in [5.74, 6) is -0.576. The van der Waals surface area contributed by atoms with Crippen LogP contribution in [0.15, 0.2) is 48.5 Å². The van der Waals surface area contributed by atoms with Gasteiger partial charge in [-0.25, -0.2) is 4.39 Å². The highest BCUT2D eigenvalue weighted by molar-refractivity contribution is 7.87. The number of benzene rings is 2. The van der Waals surface area contributed by atoms with Gasteiger partial charge in [0.15, 0.2) is 0 Å². The monoisotopic (exact) mass is 393 g/mol. The first-order valence-electron chi connectivity index (χ1n) is 8.69. The van der Waals surface area contributed by atoms with E-state index < -0.39 is 21.2 Å². The molecule has 2 aromatic carbocycles. The molecule has 0 spiro atoms. The van der Waals surface area contributed by atoms with Crippen molar-refractivity contribution in [3.8, 4) is 5.75 Å². The molecule has 1 amide bonds. The van der Waals surface area contributed by atoms with E-state index in [1.54, 1.807) is 35.2 Å². The van der Waals surface area contributed by atoms with Gasteiger partial charge in [0.25, 0.3) is 5.91 Å². The van der Waals surface area contributed by atoms with Gasteiger partial charge in [-0.1, -0.05) is 18.2 Å². The van der Waals surface area contributed by atoms with Crippen LogP contribution in [0.25, 0.3) is 0 Å². The Hall–Kier alpha value is -2.41. The van der Waals surface area contributed by atoms with Crippen LogP contribution >= 0.6 is 0 Å². The first-order chi connectivity index (χ1) is 12.6. The molecular formula is C20H24FNO4S. The average molecular weight is 393 g/mol. The van der Waals surface area contributed by atoms with Gasteiger partial charge in [-0.2, -0.15) is 8.42 Å². The molecule has 0 unspecified atom stereocenters. The largest absolute Gasteiger partial charge is 0.382 e. The molecule has 0 fully saturated rings. The van der Waals surface area contributed by atoms with Crippen molar-refractivity contribution in [1.82, 2.24) is 4.90 Å². The van der Waals surface area contributed by atoms with E-state index in [4.69, 9.17) is 4.18 Å². The molecule has 0 saturated heterocycles. The molecule has 146 valence electrons. The van der Waals surface area contributed by atoms with Crippen molar-refractivity contribution < 1.29 is 21.8 Å². The molecule has 0 atom stereocenters. The van der Waals surface area contributed by atoms with Crippen LogP contribution in [0, 0.1) is 5.82 Å². The minimum Gasteiger partial charge on any atom is -0.382 e. The number of amides is 1. The smallest absolute Gasteiger partial charge is 0.311 e. The lowest BCUT2D eigenvalue weighted by Gasteiger charge is -2.27. The highest BCUT2D eigenvalue weighted by atomic mass is 32.2. The Balaban J connectivity index is 2.24. The zero-order valence-electron chi connectivity index (χ0n) is 15.8. The third kappa shape index (κ3) is 5.53. The van der Waals surface area contributed by atoms with Crippen LogP contribution in [-0.2, 0) is 16.7 Å². The van der Waals surface area contributed by atoms with Crippen molar-refractivity contribution in [2.45, 2.75) is 45.5 Å². The number of carbonyl (C=O) groups is 1. The number of hydrogen-bond donors (Lipinski definition) is 0. The Labute approximate surface area is 159 Å². The van der Waals surface area contributed by atoms with Crippen molar-refractivity contribution in [3.63, 3.8) is 0 Å². The van der Waals surface area contributed by atoms with Crippen LogP contribution in [-0.4, -0.2) is 30.5 Å². The van der Waals surface area contributed by atoms with Crippen molar-refractivity contribution in [1.29, 1.82) is 0 Å². The third-order valence-corrected chi connectivity index (χ3v) is 5.58. The average Bonchev–Trinajstić information content (AvgIpc) is 2.58. The summed E-state index contributed by atoms with van der Waals surface area (Å²) in [7, 11) is -3.70. The number of nitrogens with zero attached hydrogens (tertiary/aromatic N) is 1.